The van der Waals surface area contributed by atoms with E-state index in [-0.39, 0.29) is 6.54 Å². The SMILES string of the molecule is CN(CCO)c1n[nH]c(C#N)c1S(=O)(=O)C(F)(F)F. The number of aromatic amines is 1. The van der Waals surface area contributed by atoms with Crippen LogP contribution in [-0.2, 0) is 9.84 Å². The lowest BCUT2D eigenvalue weighted by Gasteiger charge is -2.17. The molecule has 0 unspecified atom stereocenters. The van der Waals surface area contributed by atoms with E-state index in [4.69, 9.17) is 10.4 Å². The van der Waals surface area contributed by atoms with Crippen molar-refractivity contribution in [2.24, 2.45) is 0 Å². The fourth-order valence-electron chi connectivity index (χ4n) is 1.28. The number of anilines is 1. The van der Waals surface area contributed by atoms with Gasteiger partial charge in [0.1, 0.15) is 6.07 Å². The Hall–Kier alpha value is -1.80. The largest absolute Gasteiger partial charge is 0.502 e. The van der Waals surface area contributed by atoms with E-state index in [0.717, 1.165) is 4.90 Å². The standard InChI is InChI=1S/C8H9F3N4O3S/c1-15(2-3-16)7-6(5(4-12)13-14-7)19(17,18)8(9,10)11/h16H,2-3H2,1H3,(H,13,14). The van der Waals surface area contributed by atoms with Gasteiger partial charge in [0, 0.05) is 13.6 Å². The lowest BCUT2D eigenvalue weighted by Crippen LogP contribution is -2.28. The maximum Gasteiger partial charge on any atom is 0.502 e. The number of hydrogen-bond donors (Lipinski definition) is 2. The lowest BCUT2D eigenvalue weighted by atomic mass is 10.4. The molecule has 19 heavy (non-hydrogen) atoms. The number of nitriles is 1. The van der Waals surface area contributed by atoms with Gasteiger partial charge in [0.2, 0.25) is 0 Å². The van der Waals surface area contributed by atoms with Crippen LogP contribution in [0.2, 0.25) is 0 Å². The Labute approximate surface area is 106 Å². The first kappa shape index (κ1) is 15.3. The van der Waals surface area contributed by atoms with Gasteiger partial charge in [0.25, 0.3) is 9.84 Å². The van der Waals surface area contributed by atoms with E-state index in [9.17, 15) is 21.6 Å². The van der Waals surface area contributed by atoms with Crippen molar-refractivity contribution >= 4 is 15.7 Å². The summed E-state index contributed by atoms with van der Waals surface area (Å²) in [4.78, 5) is -0.242. The van der Waals surface area contributed by atoms with E-state index in [1.807, 2.05) is 5.10 Å². The highest BCUT2D eigenvalue weighted by molar-refractivity contribution is 7.92. The van der Waals surface area contributed by atoms with Crippen LogP contribution in [0.3, 0.4) is 0 Å². The molecule has 0 amide bonds. The fraction of sp³-hybridized carbons (Fsp3) is 0.500. The zero-order chi connectivity index (χ0) is 14.8. The van der Waals surface area contributed by atoms with Gasteiger partial charge >= 0.3 is 5.51 Å². The molecule has 0 aliphatic heterocycles. The Morgan fingerprint density at radius 3 is 2.53 bits per heavy atom. The van der Waals surface area contributed by atoms with Crippen molar-refractivity contribution in [2.45, 2.75) is 10.4 Å². The first-order valence-corrected chi connectivity index (χ1v) is 6.27. The molecule has 0 aliphatic rings. The summed E-state index contributed by atoms with van der Waals surface area (Å²) in [6.07, 6.45) is 0. The highest BCUT2D eigenvalue weighted by Gasteiger charge is 2.50. The Morgan fingerprint density at radius 1 is 1.53 bits per heavy atom. The normalized spacial score (nSPS) is 12.2. The van der Waals surface area contributed by atoms with Crippen molar-refractivity contribution in [1.29, 1.82) is 5.26 Å². The summed E-state index contributed by atoms with van der Waals surface area (Å²) in [7, 11) is -4.47. The number of aromatic nitrogens is 2. The van der Waals surface area contributed by atoms with E-state index in [1.165, 1.54) is 13.1 Å². The van der Waals surface area contributed by atoms with Gasteiger partial charge in [-0.15, -0.1) is 0 Å². The van der Waals surface area contributed by atoms with Gasteiger partial charge in [-0.1, -0.05) is 0 Å². The van der Waals surface area contributed by atoms with Gasteiger partial charge in [-0.3, -0.25) is 5.10 Å². The molecular weight excluding hydrogens is 289 g/mol. The maximum atomic E-state index is 12.5. The summed E-state index contributed by atoms with van der Waals surface area (Å²) >= 11 is 0. The van der Waals surface area contributed by atoms with Crippen LogP contribution >= 0.6 is 0 Å². The topological polar surface area (TPSA) is 110 Å². The Kier molecular flexibility index (Phi) is 4.06. The zero-order valence-electron chi connectivity index (χ0n) is 9.56. The predicted octanol–water partition coefficient (Wildman–Crippen LogP) is 0.00338. The zero-order valence-corrected chi connectivity index (χ0v) is 10.4. The fourth-order valence-corrected chi connectivity index (χ4v) is 2.32. The number of nitrogens with one attached hydrogen (secondary N) is 1. The number of aliphatic hydroxyl groups excluding tert-OH is 1. The molecule has 7 nitrogen and oxygen atoms in total. The van der Waals surface area contributed by atoms with Gasteiger partial charge in [-0.25, -0.2) is 8.42 Å². The molecule has 0 atom stereocenters. The third-order valence-electron chi connectivity index (χ3n) is 2.19. The van der Waals surface area contributed by atoms with E-state index in [1.54, 1.807) is 0 Å². The second-order valence-corrected chi connectivity index (χ2v) is 5.34. The number of halogens is 3. The van der Waals surface area contributed by atoms with E-state index >= 15 is 0 Å². The minimum Gasteiger partial charge on any atom is -0.395 e. The van der Waals surface area contributed by atoms with E-state index in [0.29, 0.717) is 0 Å². The second-order valence-electron chi connectivity index (χ2n) is 3.46. The highest BCUT2D eigenvalue weighted by Crippen LogP contribution is 2.36. The third kappa shape index (κ3) is 2.64. The van der Waals surface area contributed by atoms with Crippen LogP contribution in [0.25, 0.3) is 0 Å². The van der Waals surface area contributed by atoms with Gasteiger partial charge in [0.05, 0.1) is 6.61 Å². The number of aliphatic hydroxyl groups is 1. The summed E-state index contributed by atoms with van der Waals surface area (Å²) in [5.74, 6) is -0.567. The molecule has 0 radical (unpaired) electrons. The molecular formula is C8H9F3N4O3S. The van der Waals surface area contributed by atoms with Crippen molar-refractivity contribution in [3.63, 3.8) is 0 Å². The van der Waals surface area contributed by atoms with Gasteiger partial charge in [-0.2, -0.15) is 23.5 Å². The van der Waals surface area contributed by atoms with Gasteiger partial charge in [0.15, 0.2) is 16.4 Å². The molecule has 0 spiro atoms. The molecule has 0 saturated heterocycles. The van der Waals surface area contributed by atoms with Crippen molar-refractivity contribution < 1.29 is 26.7 Å². The number of rotatable bonds is 4. The van der Waals surface area contributed by atoms with E-state index in [2.05, 4.69) is 5.10 Å². The summed E-state index contributed by atoms with van der Waals surface area (Å²) < 4.78 is 60.4. The summed E-state index contributed by atoms with van der Waals surface area (Å²) in [6.45, 7) is -0.563. The molecule has 1 aromatic rings. The summed E-state index contributed by atoms with van der Waals surface area (Å²) in [6, 6.07) is 1.30. The Balaban J connectivity index is 3.50. The quantitative estimate of drug-likeness (QED) is 0.810. The molecule has 0 aromatic carbocycles. The lowest BCUT2D eigenvalue weighted by molar-refractivity contribution is -0.0435. The molecule has 106 valence electrons. The summed E-state index contributed by atoms with van der Waals surface area (Å²) in [5, 5.41) is 22.7. The number of alkyl halides is 3. The van der Waals surface area contributed by atoms with Crippen LogP contribution in [0.15, 0.2) is 4.90 Å². The number of nitrogens with zero attached hydrogens (tertiary/aromatic N) is 3. The summed E-state index contributed by atoms with van der Waals surface area (Å²) in [5.41, 5.74) is -6.35. The van der Waals surface area contributed by atoms with Crippen LogP contribution in [0, 0.1) is 11.3 Å². The van der Waals surface area contributed by atoms with Crippen LogP contribution < -0.4 is 4.90 Å². The molecule has 0 fully saturated rings. The third-order valence-corrected chi connectivity index (χ3v) is 3.72. The molecule has 1 aromatic heterocycles. The minimum absolute atomic E-state index is 0.143. The van der Waals surface area contributed by atoms with Gasteiger partial charge < -0.3 is 10.0 Å². The van der Waals surface area contributed by atoms with Crippen LogP contribution in [-0.4, -0.2) is 49.4 Å². The average molecular weight is 298 g/mol. The van der Waals surface area contributed by atoms with Crippen molar-refractivity contribution in [3.8, 4) is 6.07 Å². The average Bonchev–Trinajstić information content (AvgIpc) is 2.71. The maximum absolute atomic E-state index is 12.5. The van der Waals surface area contributed by atoms with Gasteiger partial charge in [-0.05, 0) is 0 Å². The number of likely N-dealkylation sites (N-methyl/N-ethyl adjacent to an activating group) is 1. The molecule has 0 saturated carbocycles. The Morgan fingerprint density at radius 2 is 2.11 bits per heavy atom. The number of H-pyrrole nitrogens is 1. The molecule has 0 aliphatic carbocycles. The van der Waals surface area contributed by atoms with Crippen LogP contribution in [0.4, 0.5) is 19.0 Å². The van der Waals surface area contributed by atoms with Crippen LogP contribution in [0.1, 0.15) is 5.69 Å². The van der Waals surface area contributed by atoms with Crippen molar-refractivity contribution in [1.82, 2.24) is 10.2 Å². The highest BCUT2D eigenvalue weighted by atomic mass is 32.2. The molecule has 0 bridgehead atoms. The molecule has 1 heterocycles. The van der Waals surface area contributed by atoms with Crippen LogP contribution in [0.5, 0.6) is 0 Å². The van der Waals surface area contributed by atoms with E-state index < -0.39 is 38.4 Å². The second kappa shape index (κ2) is 5.06. The smallest absolute Gasteiger partial charge is 0.395 e. The van der Waals surface area contributed by atoms with Crippen molar-refractivity contribution in [3.05, 3.63) is 5.69 Å². The number of sulfone groups is 1. The predicted molar refractivity (Wildman–Crippen MR) is 56.9 cm³/mol. The monoisotopic (exact) mass is 298 g/mol. The molecule has 11 heteroatoms. The first-order valence-electron chi connectivity index (χ1n) is 4.78. The Bertz CT molecular complexity index is 602. The van der Waals surface area contributed by atoms with Crippen molar-refractivity contribution in [2.75, 3.05) is 25.1 Å². The molecule has 2 N–H and O–H groups in total. The minimum atomic E-state index is -5.71. The number of hydrogen-bond acceptors (Lipinski definition) is 6. The first-order chi connectivity index (χ1) is 8.66. The molecule has 1 rings (SSSR count).